The molecule has 82 valence electrons. The molecule has 0 N–H and O–H groups in total. The number of nitrogens with zero attached hydrogens (tertiary/aromatic N) is 1. The zero-order chi connectivity index (χ0) is 11.5. The van der Waals surface area contributed by atoms with E-state index in [1.807, 2.05) is 0 Å². The molecule has 0 saturated heterocycles. The largest absolute Gasteiger partial charge is 0.413 e. The van der Waals surface area contributed by atoms with Crippen molar-refractivity contribution in [3.63, 3.8) is 0 Å². The number of nitro groups is 1. The van der Waals surface area contributed by atoms with Crippen LogP contribution in [-0.4, -0.2) is 13.2 Å². The first-order valence-electron chi connectivity index (χ1n) is 4.76. The van der Waals surface area contributed by atoms with Crippen molar-refractivity contribution in [1.82, 2.24) is 0 Å². The monoisotopic (exact) mass is 225 g/mol. The summed E-state index contributed by atoms with van der Waals surface area (Å²) in [7, 11) is -1.51. The first kappa shape index (κ1) is 11.9. The van der Waals surface area contributed by atoms with Crippen LogP contribution in [0.1, 0.15) is 5.56 Å². The molecule has 0 aliphatic heterocycles. The molecule has 0 fully saturated rings. The van der Waals surface area contributed by atoms with Gasteiger partial charge >= 0.3 is 0 Å². The van der Waals surface area contributed by atoms with Crippen LogP contribution < -0.4 is 0 Å². The van der Waals surface area contributed by atoms with Gasteiger partial charge in [0.25, 0.3) is 5.69 Å². The quantitative estimate of drug-likeness (QED) is 0.449. The van der Waals surface area contributed by atoms with E-state index < -0.39 is 13.2 Å². The molecule has 0 aromatic heterocycles. The number of benzene rings is 1. The Bertz CT molecular complexity index is 343. The second-order valence-electron chi connectivity index (χ2n) is 4.32. The third-order valence-corrected chi connectivity index (χ3v) is 2.83. The number of hydrogen-bond donors (Lipinski definition) is 0. The standard InChI is InChI=1S/C10H15NO3Si/c1-15(2,3)14-8-9-4-6-10(7-5-9)11(12)13/h4-7H,8H2,1-3H3. The van der Waals surface area contributed by atoms with Crippen molar-refractivity contribution in [2.24, 2.45) is 0 Å². The highest BCUT2D eigenvalue weighted by molar-refractivity contribution is 6.69. The lowest BCUT2D eigenvalue weighted by Gasteiger charge is -2.16. The Morgan fingerprint density at radius 2 is 1.80 bits per heavy atom. The SMILES string of the molecule is C[Si](C)(C)OCc1ccc([N+](=O)[O-])cc1. The fourth-order valence-corrected chi connectivity index (χ4v) is 1.61. The van der Waals surface area contributed by atoms with E-state index in [4.69, 9.17) is 4.43 Å². The van der Waals surface area contributed by atoms with Crippen molar-refractivity contribution in [3.8, 4) is 0 Å². The molecule has 0 radical (unpaired) electrons. The molecule has 0 spiro atoms. The van der Waals surface area contributed by atoms with Crippen LogP contribution in [0.4, 0.5) is 5.69 Å². The van der Waals surface area contributed by atoms with Gasteiger partial charge in [0, 0.05) is 12.1 Å². The Hall–Kier alpha value is -1.20. The van der Waals surface area contributed by atoms with Crippen LogP contribution in [-0.2, 0) is 11.0 Å². The summed E-state index contributed by atoms with van der Waals surface area (Å²) in [5, 5.41) is 10.4. The van der Waals surface area contributed by atoms with Crippen LogP contribution in [0.2, 0.25) is 19.6 Å². The molecule has 1 aromatic carbocycles. The summed E-state index contributed by atoms with van der Waals surface area (Å²) in [6.07, 6.45) is 0. The van der Waals surface area contributed by atoms with E-state index in [1.165, 1.54) is 12.1 Å². The van der Waals surface area contributed by atoms with Gasteiger partial charge in [-0.1, -0.05) is 0 Å². The van der Waals surface area contributed by atoms with Crippen molar-refractivity contribution in [3.05, 3.63) is 39.9 Å². The van der Waals surface area contributed by atoms with E-state index >= 15 is 0 Å². The number of nitro benzene ring substituents is 1. The van der Waals surface area contributed by atoms with E-state index in [1.54, 1.807) is 12.1 Å². The summed E-state index contributed by atoms with van der Waals surface area (Å²) < 4.78 is 5.68. The van der Waals surface area contributed by atoms with Crippen molar-refractivity contribution in [2.45, 2.75) is 26.2 Å². The maximum Gasteiger partial charge on any atom is 0.269 e. The number of rotatable bonds is 4. The predicted molar refractivity (Wildman–Crippen MR) is 61.2 cm³/mol. The van der Waals surface area contributed by atoms with Gasteiger partial charge in [-0.05, 0) is 37.3 Å². The number of hydrogen-bond acceptors (Lipinski definition) is 3. The van der Waals surface area contributed by atoms with E-state index in [2.05, 4.69) is 19.6 Å². The molecule has 15 heavy (non-hydrogen) atoms. The summed E-state index contributed by atoms with van der Waals surface area (Å²) in [4.78, 5) is 10.0. The van der Waals surface area contributed by atoms with E-state index in [9.17, 15) is 10.1 Å². The zero-order valence-electron chi connectivity index (χ0n) is 9.19. The molecule has 0 aliphatic carbocycles. The Morgan fingerprint density at radius 1 is 1.27 bits per heavy atom. The summed E-state index contributed by atoms with van der Waals surface area (Å²) in [6, 6.07) is 6.47. The number of non-ortho nitro benzene ring substituents is 1. The molecule has 1 rings (SSSR count). The lowest BCUT2D eigenvalue weighted by molar-refractivity contribution is -0.384. The second kappa shape index (κ2) is 4.54. The highest BCUT2D eigenvalue weighted by Crippen LogP contribution is 2.14. The maximum absolute atomic E-state index is 10.4. The van der Waals surface area contributed by atoms with Crippen LogP contribution in [0.3, 0.4) is 0 Å². The summed E-state index contributed by atoms with van der Waals surface area (Å²) in [5.41, 5.74) is 1.09. The molecule has 5 heteroatoms. The molecule has 4 nitrogen and oxygen atoms in total. The fraction of sp³-hybridized carbons (Fsp3) is 0.400. The van der Waals surface area contributed by atoms with Crippen molar-refractivity contribution >= 4 is 14.0 Å². The third kappa shape index (κ3) is 4.22. The van der Waals surface area contributed by atoms with Crippen molar-refractivity contribution in [2.75, 3.05) is 0 Å². The first-order chi connectivity index (χ1) is 6.88. The van der Waals surface area contributed by atoms with Gasteiger partial charge in [-0.2, -0.15) is 0 Å². The fourth-order valence-electron chi connectivity index (χ4n) is 1.01. The summed E-state index contributed by atoms with van der Waals surface area (Å²) in [6.45, 7) is 6.86. The van der Waals surface area contributed by atoms with Gasteiger partial charge in [0.15, 0.2) is 8.32 Å². The molecular formula is C10H15NO3Si. The lowest BCUT2D eigenvalue weighted by Crippen LogP contribution is -2.24. The van der Waals surface area contributed by atoms with Gasteiger partial charge in [-0.3, -0.25) is 10.1 Å². The maximum atomic E-state index is 10.4. The van der Waals surface area contributed by atoms with Gasteiger partial charge in [0.1, 0.15) is 0 Å². The molecule has 0 heterocycles. The topological polar surface area (TPSA) is 52.4 Å². The molecule has 0 amide bonds. The van der Waals surface area contributed by atoms with Crippen LogP contribution in [0.25, 0.3) is 0 Å². The van der Waals surface area contributed by atoms with Crippen molar-refractivity contribution < 1.29 is 9.35 Å². The van der Waals surface area contributed by atoms with Crippen LogP contribution in [0, 0.1) is 10.1 Å². The van der Waals surface area contributed by atoms with Gasteiger partial charge < -0.3 is 4.43 Å². The summed E-state index contributed by atoms with van der Waals surface area (Å²) >= 11 is 0. The Kier molecular flexibility index (Phi) is 3.60. The van der Waals surface area contributed by atoms with Gasteiger partial charge in [0.2, 0.25) is 0 Å². The highest BCUT2D eigenvalue weighted by Gasteiger charge is 2.14. The minimum Gasteiger partial charge on any atom is -0.413 e. The smallest absolute Gasteiger partial charge is 0.269 e. The van der Waals surface area contributed by atoms with Crippen LogP contribution >= 0.6 is 0 Å². The first-order valence-corrected chi connectivity index (χ1v) is 8.16. The van der Waals surface area contributed by atoms with Gasteiger partial charge in [-0.25, -0.2) is 0 Å². The molecule has 0 unspecified atom stereocenters. The Balaban J connectivity index is 2.61. The molecular weight excluding hydrogens is 210 g/mol. The van der Waals surface area contributed by atoms with Crippen LogP contribution in [0.15, 0.2) is 24.3 Å². The Labute approximate surface area is 90.2 Å². The zero-order valence-corrected chi connectivity index (χ0v) is 10.2. The van der Waals surface area contributed by atoms with Crippen LogP contribution in [0.5, 0.6) is 0 Å². The molecule has 1 aromatic rings. The van der Waals surface area contributed by atoms with Crippen molar-refractivity contribution in [1.29, 1.82) is 0 Å². The van der Waals surface area contributed by atoms with E-state index in [-0.39, 0.29) is 5.69 Å². The average molecular weight is 225 g/mol. The molecule has 0 atom stereocenters. The molecule has 0 bridgehead atoms. The molecule has 0 saturated carbocycles. The Morgan fingerprint density at radius 3 is 2.20 bits per heavy atom. The van der Waals surface area contributed by atoms with E-state index in [0.717, 1.165) is 5.56 Å². The lowest BCUT2D eigenvalue weighted by atomic mass is 10.2. The average Bonchev–Trinajstić information content (AvgIpc) is 2.14. The second-order valence-corrected chi connectivity index (χ2v) is 8.84. The predicted octanol–water partition coefficient (Wildman–Crippen LogP) is 2.95. The normalized spacial score (nSPS) is 11.4. The van der Waals surface area contributed by atoms with Gasteiger partial charge in [0.05, 0.1) is 11.5 Å². The summed E-state index contributed by atoms with van der Waals surface area (Å²) in [5.74, 6) is 0. The highest BCUT2D eigenvalue weighted by atomic mass is 28.4. The molecule has 0 aliphatic rings. The minimum absolute atomic E-state index is 0.117. The van der Waals surface area contributed by atoms with E-state index in [0.29, 0.717) is 6.61 Å². The third-order valence-electron chi connectivity index (χ3n) is 1.82. The minimum atomic E-state index is -1.51. The van der Waals surface area contributed by atoms with Gasteiger partial charge in [-0.15, -0.1) is 0 Å².